The first-order chi connectivity index (χ1) is 13.9. The van der Waals surface area contributed by atoms with E-state index < -0.39 is 11.7 Å². The van der Waals surface area contributed by atoms with Gasteiger partial charge in [-0.25, -0.2) is 9.87 Å². The Morgan fingerprint density at radius 1 is 1.34 bits per heavy atom. The van der Waals surface area contributed by atoms with E-state index >= 15 is 0 Å². The number of amides is 1. The zero-order valence-electron chi connectivity index (χ0n) is 16.0. The van der Waals surface area contributed by atoms with Crippen LogP contribution in [0.5, 0.6) is 0 Å². The number of hydrogen-bond acceptors (Lipinski definition) is 6. The van der Waals surface area contributed by atoms with Gasteiger partial charge in [-0.2, -0.15) is 0 Å². The minimum atomic E-state index is -0.568. The molecule has 1 amide bonds. The van der Waals surface area contributed by atoms with Crippen LogP contribution < -0.4 is 16.4 Å². The molecular formula is C20H20FN3O4S. The van der Waals surface area contributed by atoms with Gasteiger partial charge in [-0.1, -0.05) is 12.6 Å². The third-order valence-corrected chi connectivity index (χ3v) is 5.12. The normalized spacial score (nSPS) is 10.7. The van der Waals surface area contributed by atoms with Crippen LogP contribution in [0.1, 0.15) is 15.9 Å². The zero-order chi connectivity index (χ0) is 21.0. The number of hydroxylamine groups is 1. The lowest BCUT2D eigenvalue weighted by Crippen LogP contribution is -2.29. The van der Waals surface area contributed by atoms with Crippen molar-refractivity contribution in [3.63, 3.8) is 0 Å². The minimum absolute atomic E-state index is 0.104. The summed E-state index contributed by atoms with van der Waals surface area (Å²) >= 11 is 1.24. The standard InChI is InChI=1S/C20H20FN3O4S/c1-4-27-8-9-28-23-19(25)16-17-13(7-10-29-17)20(26)24(3)18(16)22-15-6-5-12(2)11-14(15)21/h4-7,10-11,22H,1,8-9H2,2-3H3,(H,23,25). The van der Waals surface area contributed by atoms with Crippen molar-refractivity contribution in [3.05, 3.63) is 69.8 Å². The van der Waals surface area contributed by atoms with E-state index in [1.54, 1.807) is 30.5 Å². The number of nitrogens with one attached hydrogen (secondary N) is 2. The smallest absolute Gasteiger partial charge is 0.280 e. The van der Waals surface area contributed by atoms with Gasteiger partial charge in [0.15, 0.2) is 0 Å². The number of fused-ring (bicyclic) bond motifs is 1. The summed E-state index contributed by atoms with van der Waals surface area (Å²) in [6.07, 6.45) is 1.27. The summed E-state index contributed by atoms with van der Waals surface area (Å²) in [5, 5.41) is 5.01. The van der Waals surface area contributed by atoms with Crippen LogP contribution in [-0.2, 0) is 16.6 Å². The maximum atomic E-state index is 14.4. The van der Waals surface area contributed by atoms with E-state index in [-0.39, 0.29) is 35.8 Å². The molecule has 9 heteroatoms. The van der Waals surface area contributed by atoms with E-state index in [1.165, 1.54) is 35.3 Å². The second-order valence-corrected chi connectivity index (χ2v) is 7.09. The summed E-state index contributed by atoms with van der Waals surface area (Å²) in [6, 6.07) is 6.30. The molecule has 0 unspecified atom stereocenters. The Balaban J connectivity index is 2.02. The van der Waals surface area contributed by atoms with Crippen LogP contribution in [0.25, 0.3) is 10.1 Å². The molecule has 2 N–H and O–H groups in total. The van der Waals surface area contributed by atoms with Crippen LogP contribution >= 0.6 is 11.3 Å². The average molecular weight is 417 g/mol. The van der Waals surface area contributed by atoms with Crippen LogP contribution in [0.3, 0.4) is 0 Å². The van der Waals surface area contributed by atoms with Crippen molar-refractivity contribution >= 4 is 38.8 Å². The number of pyridine rings is 1. The molecule has 152 valence electrons. The van der Waals surface area contributed by atoms with Gasteiger partial charge in [0.25, 0.3) is 11.5 Å². The van der Waals surface area contributed by atoms with Crippen LogP contribution in [0.4, 0.5) is 15.9 Å². The molecule has 1 aromatic carbocycles. The number of benzene rings is 1. The average Bonchev–Trinajstić information content (AvgIpc) is 3.17. The number of carbonyl (C=O) groups excluding carboxylic acids is 1. The molecule has 0 aliphatic rings. The third-order valence-electron chi connectivity index (χ3n) is 4.19. The van der Waals surface area contributed by atoms with Gasteiger partial charge >= 0.3 is 0 Å². The molecular weight excluding hydrogens is 397 g/mol. The Labute approximate surface area is 170 Å². The lowest BCUT2D eigenvalue weighted by Gasteiger charge is -2.17. The Morgan fingerprint density at radius 2 is 2.14 bits per heavy atom. The van der Waals surface area contributed by atoms with Crippen LogP contribution in [0.15, 0.2) is 47.3 Å². The lowest BCUT2D eigenvalue weighted by molar-refractivity contribution is 0.0146. The Bertz CT molecular complexity index is 1120. The molecule has 0 aliphatic heterocycles. The van der Waals surface area contributed by atoms with Crippen molar-refractivity contribution in [2.45, 2.75) is 6.92 Å². The number of aromatic nitrogens is 1. The van der Waals surface area contributed by atoms with E-state index in [1.807, 2.05) is 0 Å². The quantitative estimate of drug-likeness (QED) is 0.332. The van der Waals surface area contributed by atoms with Gasteiger partial charge in [-0.05, 0) is 36.1 Å². The Kier molecular flexibility index (Phi) is 6.30. The fourth-order valence-corrected chi connectivity index (χ4v) is 3.71. The summed E-state index contributed by atoms with van der Waals surface area (Å²) in [7, 11) is 1.52. The summed E-state index contributed by atoms with van der Waals surface area (Å²) in [5.41, 5.74) is 3.13. The van der Waals surface area contributed by atoms with Crippen LogP contribution in [0, 0.1) is 12.7 Å². The molecule has 0 saturated carbocycles. The molecule has 0 saturated heterocycles. The molecule has 7 nitrogen and oxygen atoms in total. The summed E-state index contributed by atoms with van der Waals surface area (Å²) in [6.45, 7) is 5.50. The first-order valence-electron chi connectivity index (χ1n) is 8.72. The van der Waals surface area contributed by atoms with Gasteiger partial charge in [-0.3, -0.25) is 19.0 Å². The number of rotatable bonds is 8. The Hall–Kier alpha value is -3.17. The zero-order valence-corrected chi connectivity index (χ0v) is 16.8. The second-order valence-electron chi connectivity index (χ2n) is 6.18. The van der Waals surface area contributed by atoms with Gasteiger partial charge in [0.1, 0.15) is 30.4 Å². The van der Waals surface area contributed by atoms with E-state index in [9.17, 15) is 14.0 Å². The molecule has 2 aromatic heterocycles. The molecule has 2 heterocycles. The van der Waals surface area contributed by atoms with Gasteiger partial charge in [0.2, 0.25) is 0 Å². The van der Waals surface area contributed by atoms with Crippen molar-refractivity contribution < 1.29 is 18.8 Å². The first-order valence-corrected chi connectivity index (χ1v) is 9.60. The van der Waals surface area contributed by atoms with Crippen molar-refractivity contribution in [1.29, 1.82) is 0 Å². The topological polar surface area (TPSA) is 81.6 Å². The summed E-state index contributed by atoms with van der Waals surface area (Å²) in [4.78, 5) is 30.7. The number of carbonyl (C=O) groups is 1. The highest BCUT2D eigenvalue weighted by Crippen LogP contribution is 2.30. The van der Waals surface area contributed by atoms with E-state index in [0.717, 1.165) is 5.56 Å². The fourth-order valence-electron chi connectivity index (χ4n) is 2.78. The lowest BCUT2D eigenvalue weighted by atomic mass is 10.1. The highest BCUT2D eigenvalue weighted by Gasteiger charge is 2.23. The van der Waals surface area contributed by atoms with Gasteiger partial charge in [0, 0.05) is 7.05 Å². The molecule has 0 radical (unpaired) electrons. The fraction of sp³-hybridized carbons (Fsp3) is 0.200. The maximum absolute atomic E-state index is 14.4. The van der Waals surface area contributed by atoms with Gasteiger partial charge in [-0.15, -0.1) is 11.3 Å². The number of nitrogens with zero attached hydrogens (tertiary/aromatic N) is 1. The molecule has 0 bridgehead atoms. The molecule has 29 heavy (non-hydrogen) atoms. The maximum Gasteiger partial charge on any atom is 0.280 e. The number of aryl methyl sites for hydroxylation is 1. The molecule has 3 aromatic rings. The van der Waals surface area contributed by atoms with Crippen molar-refractivity contribution in [3.8, 4) is 0 Å². The number of ether oxygens (including phenoxy) is 1. The minimum Gasteiger partial charge on any atom is -0.499 e. The highest BCUT2D eigenvalue weighted by molar-refractivity contribution is 7.17. The molecule has 3 rings (SSSR count). The highest BCUT2D eigenvalue weighted by atomic mass is 32.1. The van der Waals surface area contributed by atoms with Crippen molar-refractivity contribution in [2.75, 3.05) is 18.5 Å². The number of hydrogen-bond donors (Lipinski definition) is 2. The van der Waals surface area contributed by atoms with E-state index in [2.05, 4.69) is 17.4 Å². The van der Waals surface area contributed by atoms with E-state index in [0.29, 0.717) is 10.1 Å². The van der Waals surface area contributed by atoms with Crippen molar-refractivity contribution in [2.24, 2.45) is 7.05 Å². The summed E-state index contributed by atoms with van der Waals surface area (Å²) in [5.74, 6) is -0.897. The third kappa shape index (κ3) is 4.30. The number of thiophene rings is 1. The second kappa shape index (κ2) is 8.89. The molecule has 0 aliphatic carbocycles. The number of anilines is 2. The molecule has 0 spiro atoms. The van der Waals surface area contributed by atoms with Gasteiger partial charge < -0.3 is 10.1 Å². The Morgan fingerprint density at radius 3 is 2.86 bits per heavy atom. The largest absolute Gasteiger partial charge is 0.499 e. The van der Waals surface area contributed by atoms with Crippen molar-refractivity contribution in [1.82, 2.24) is 10.0 Å². The van der Waals surface area contributed by atoms with Crippen LogP contribution in [0.2, 0.25) is 0 Å². The SMILES string of the molecule is C=COCCONC(=O)c1c(Nc2ccc(C)cc2F)n(C)c(=O)c2ccsc12. The number of halogens is 1. The molecule has 0 atom stereocenters. The first kappa shape index (κ1) is 20.6. The predicted molar refractivity (Wildman–Crippen MR) is 111 cm³/mol. The monoisotopic (exact) mass is 417 g/mol. The molecule has 0 fully saturated rings. The van der Waals surface area contributed by atoms with E-state index in [4.69, 9.17) is 9.57 Å². The summed E-state index contributed by atoms with van der Waals surface area (Å²) < 4.78 is 21.1. The van der Waals surface area contributed by atoms with Crippen LogP contribution in [-0.4, -0.2) is 23.7 Å². The van der Waals surface area contributed by atoms with Gasteiger partial charge in [0.05, 0.1) is 22.0 Å². The predicted octanol–water partition coefficient (Wildman–Crippen LogP) is 3.61.